The molecule has 0 amide bonds. The molecule has 2 rings (SSSR count). The molecule has 0 bridgehead atoms. The van der Waals surface area contributed by atoms with Crippen molar-refractivity contribution in [2.75, 3.05) is 0 Å². The fraction of sp³-hybridized carbons (Fsp3) is 0.286. The topological polar surface area (TPSA) is 67.2 Å². The molecular weight excluding hydrogens is 242 g/mol. The van der Waals surface area contributed by atoms with Crippen LogP contribution in [0.2, 0.25) is 0 Å². The summed E-state index contributed by atoms with van der Waals surface area (Å²) in [4.78, 5) is 14.9. The van der Waals surface area contributed by atoms with E-state index in [1.54, 1.807) is 30.7 Å². The third-order valence-corrected chi connectivity index (χ3v) is 2.87. The highest BCUT2D eigenvalue weighted by molar-refractivity contribution is 5.87. The summed E-state index contributed by atoms with van der Waals surface area (Å²) in [5, 5.41) is 12.3. The summed E-state index contributed by atoms with van der Waals surface area (Å²) in [6.45, 7) is 3.57. The van der Waals surface area contributed by atoms with E-state index in [0.29, 0.717) is 12.1 Å². The van der Waals surface area contributed by atoms with Gasteiger partial charge in [0.2, 0.25) is 0 Å². The van der Waals surface area contributed by atoms with Crippen molar-refractivity contribution in [3.05, 3.63) is 54.1 Å². The molecule has 1 heterocycles. The second-order valence-electron chi connectivity index (χ2n) is 4.55. The van der Waals surface area contributed by atoms with E-state index < -0.39 is 5.97 Å². The van der Waals surface area contributed by atoms with Crippen LogP contribution in [0.15, 0.2) is 43.0 Å². The number of carboxylic acids is 1. The van der Waals surface area contributed by atoms with Crippen LogP contribution >= 0.6 is 0 Å². The van der Waals surface area contributed by atoms with Gasteiger partial charge in [-0.25, -0.2) is 9.78 Å². The van der Waals surface area contributed by atoms with Crippen molar-refractivity contribution in [2.45, 2.75) is 26.1 Å². The Labute approximate surface area is 111 Å². The van der Waals surface area contributed by atoms with Crippen LogP contribution in [0.3, 0.4) is 0 Å². The molecular formula is C14H17N3O2. The van der Waals surface area contributed by atoms with Crippen molar-refractivity contribution < 1.29 is 9.90 Å². The number of carboxylic acid groups (broad SMARTS) is 1. The second-order valence-corrected chi connectivity index (χ2v) is 4.55. The van der Waals surface area contributed by atoms with Gasteiger partial charge < -0.3 is 15.0 Å². The lowest BCUT2D eigenvalue weighted by atomic mass is 10.1. The molecule has 1 unspecified atom stereocenters. The van der Waals surface area contributed by atoms with Gasteiger partial charge in [0.1, 0.15) is 0 Å². The molecule has 1 aromatic carbocycles. The van der Waals surface area contributed by atoms with Gasteiger partial charge >= 0.3 is 5.97 Å². The van der Waals surface area contributed by atoms with Crippen molar-refractivity contribution in [1.82, 2.24) is 14.9 Å². The highest BCUT2D eigenvalue weighted by Gasteiger charge is 2.05. The van der Waals surface area contributed by atoms with Gasteiger partial charge in [0.15, 0.2) is 0 Å². The number of nitrogens with one attached hydrogen (secondary N) is 1. The molecule has 2 N–H and O–H groups in total. The molecule has 0 radical (unpaired) electrons. The van der Waals surface area contributed by atoms with E-state index in [9.17, 15) is 4.79 Å². The normalized spacial score (nSPS) is 12.3. The first kappa shape index (κ1) is 13.3. The fourth-order valence-electron chi connectivity index (χ4n) is 1.88. The molecule has 1 aromatic heterocycles. The predicted octanol–water partition coefficient (Wildman–Crippen LogP) is 1.76. The zero-order valence-electron chi connectivity index (χ0n) is 10.8. The zero-order chi connectivity index (χ0) is 13.7. The first-order valence-electron chi connectivity index (χ1n) is 6.16. The number of carbonyl (C=O) groups is 1. The molecule has 0 aliphatic rings. The minimum absolute atomic E-state index is 0.280. The van der Waals surface area contributed by atoms with Crippen molar-refractivity contribution in [3.63, 3.8) is 0 Å². The van der Waals surface area contributed by atoms with Crippen LogP contribution in [0.4, 0.5) is 0 Å². The van der Waals surface area contributed by atoms with E-state index in [-0.39, 0.29) is 6.04 Å². The zero-order valence-corrected chi connectivity index (χ0v) is 10.8. The quantitative estimate of drug-likeness (QED) is 0.829. The van der Waals surface area contributed by atoms with Gasteiger partial charge in [0.25, 0.3) is 0 Å². The minimum Gasteiger partial charge on any atom is -0.478 e. The molecule has 0 saturated carbocycles. The monoisotopic (exact) mass is 259 g/mol. The maximum absolute atomic E-state index is 10.9. The first-order valence-corrected chi connectivity index (χ1v) is 6.16. The molecule has 5 heteroatoms. The molecule has 0 spiro atoms. The smallest absolute Gasteiger partial charge is 0.335 e. The highest BCUT2D eigenvalue weighted by atomic mass is 16.4. The van der Waals surface area contributed by atoms with E-state index in [0.717, 1.165) is 12.1 Å². The number of aromatic carboxylic acids is 1. The third-order valence-electron chi connectivity index (χ3n) is 2.87. The maximum atomic E-state index is 10.9. The van der Waals surface area contributed by atoms with Gasteiger partial charge in [-0.05, 0) is 24.6 Å². The van der Waals surface area contributed by atoms with Crippen molar-refractivity contribution in [2.24, 2.45) is 0 Å². The number of hydrogen-bond acceptors (Lipinski definition) is 3. The van der Waals surface area contributed by atoms with E-state index in [1.165, 1.54) is 0 Å². The van der Waals surface area contributed by atoms with Crippen molar-refractivity contribution in [1.29, 1.82) is 0 Å². The summed E-state index contributed by atoms with van der Waals surface area (Å²) in [6.07, 6.45) is 5.45. The van der Waals surface area contributed by atoms with Crippen molar-refractivity contribution >= 4 is 5.97 Å². The SMILES string of the molecule is CC(Cn1ccnc1)NCc1cccc(C(=O)O)c1. The fourth-order valence-corrected chi connectivity index (χ4v) is 1.88. The van der Waals surface area contributed by atoms with Gasteiger partial charge in [-0.3, -0.25) is 0 Å². The molecule has 0 aliphatic carbocycles. The Morgan fingerprint density at radius 3 is 3.05 bits per heavy atom. The maximum Gasteiger partial charge on any atom is 0.335 e. The lowest BCUT2D eigenvalue weighted by Crippen LogP contribution is -2.29. The molecule has 0 saturated heterocycles. The first-order chi connectivity index (χ1) is 9.15. The van der Waals surface area contributed by atoms with Crippen LogP contribution in [0.25, 0.3) is 0 Å². The summed E-state index contributed by atoms with van der Waals surface area (Å²) >= 11 is 0. The Morgan fingerprint density at radius 1 is 1.53 bits per heavy atom. The molecule has 19 heavy (non-hydrogen) atoms. The van der Waals surface area contributed by atoms with E-state index in [2.05, 4.69) is 17.2 Å². The molecule has 0 aliphatic heterocycles. The summed E-state index contributed by atoms with van der Waals surface area (Å²) in [5.41, 5.74) is 1.29. The van der Waals surface area contributed by atoms with Crippen LogP contribution < -0.4 is 5.32 Å². The number of aromatic nitrogens is 2. The number of benzene rings is 1. The number of nitrogens with zero attached hydrogens (tertiary/aromatic N) is 2. The van der Waals surface area contributed by atoms with Crippen LogP contribution in [-0.4, -0.2) is 26.7 Å². The van der Waals surface area contributed by atoms with E-state index in [4.69, 9.17) is 5.11 Å². The summed E-state index contributed by atoms with van der Waals surface area (Å²) in [5.74, 6) is -0.895. The van der Waals surface area contributed by atoms with Crippen LogP contribution in [0.1, 0.15) is 22.8 Å². The Hall–Kier alpha value is -2.14. The molecule has 5 nitrogen and oxygen atoms in total. The summed E-state index contributed by atoms with van der Waals surface area (Å²) in [7, 11) is 0. The van der Waals surface area contributed by atoms with E-state index in [1.807, 2.05) is 16.8 Å². The Balaban J connectivity index is 1.88. The molecule has 0 fully saturated rings. The van der Waals surface area contributed by atoms with Crippen LogP contribution in [0, 0.1) is 0 Å². The van der Waals surface area contributed by atoms with Gasteiger partial charge in [-0.15, -0.1) is 0 Å². The molecule has 100 valence electrons. The molecule has 2 aromatic rings. The number of rotatable bonds is 6. The summed E-state index contributed by atoms with van der Waals surface area (Å²) < 4.78 is 2.01. The third kappa shape index (κ3) is 3.93. The number of hydrogen-bond donors (Lipinski definition) is 2. The van der Waals surface area contributed by atoms with E-state index >= 15 is 0 Å². The second kappa shape index (κ2) is 6.15. The van der Waals surface area contributed by atoms with Crippen molar-refractivity contribution in [3.8, 4) is 0 Å². The standard InChI is InChI=1S/C14H17N3O2/c1-11(9-17-6-5-15-10-17)16-8-12-3-2-4-13(7-12)14(18)19/h2-7,10-11,16H,8-9H2,1H3,(H,18,19). The Kier molecular flexibility index (Phi) is 4.30. The molecule has 1 atom stereocenters. The largest absolute Gasteiger partial charge is 0.478 e. The predicted molar refractivity (Wildman–Crippen MR) is 71.9 cm³/mol. The summed E-state index contributed by atoms with van der Waals surface area (Å²) in [6, 6.07) is 7.26. The van der Waals surface area contributed by atoms with Crippen LogP contribution in [-0.2, 0) is 13.1 Å². The minimum atomic E-state index is -0.895. The number of imidazole rings is 1. The highest BCUT2D eigenvalue weighted by Crippen LogP contribution is 2.05. The Bertz CT molecular complexity index is 537. The average molecular weight is 259 g/mol. The van der Waals surface area contributed by atoms with Gasteiger partial charge in [0, 0.05) is 31.5 Å². The lowest BCUT2D eigenvalue weighted by Gasteiger charge is -2.14. The van der Waals surface area contributed by atoms with Gasteiger partial charge in [0.05, 0.1) is 11.9 Å². The van der Waals surface area contributed by atoms with Gasteiger partial charge in [-0.2, -0.15) is 0 Å². The lowest BCUT2D eigenvalue weighted by molar-refractivity contribution is 0.0696. The van der Waals surface area contributed by atoms with Crippen LogP contribution in [0.5, 0.6) is 0 Å². The van der Waals surface area contributed by atoms with Gasteiger partial charge in [-0.1, -0.05) is 12.1 Å². The average Bonchev–Trinajstić information content (AvgIpc) is 2.89. The Morgan fingerprint density at radius 2 is 2.37 bits per heavy atom.